The van der Waals surface area contributed by atoms with E-state index in [9.17, 15) is 4.79 Å². The van der Waals surface area contributed by atoms with Crippen molar-refractivity contribution in [1.82, 2.24) is 5.32 Å². The summed E-state index contributed by atoms with van der Waals surface area (Å²) in [6.07, 6.45) is 0. The summed E-state index contributed by atoms with van der Waals surface area (Å²) < 4.78 is 5.86. The highest BCUT2D eigenvalue weighted by molar-refractivity contribution is 9.10. The average Bonchev–Trinajstić information content (AvgIpc) is 2.30. The van der Waals surface area contributed by atoms with Gasteiger partial charge in [-0.15, -0.1) is 0 Å². The van der Waals surface area contributed by atoms with Crippen molar-refractivity contribution in [3.8, 4) is 0 Å². The highest BCUT2D eigenvalue weighted by atomic mass is 79.9. The Morgan fingerprint density at radius 3 is 2.94 bits per heavy atom. The van der Waals surface area contributed by atoms with E-state index < -0.39 is 0 Å². The van der Waals surface area contributed by atoms with E-state index in [-0.39, 0.29) is 12.0 Å². The fraction of sp³-hybridized carbons (Fsp3) is 0.417. The first-order valence-corrected chi connectivity index (χ1v) is 6.55. The summed E-state index contributed by atoms with van der Waals surface area (Å²) in [5.74, 6) is -0.251. The predicted octanol–water partition coefficient (Wildman–Crippen LogP) is 3.14. The summed E-state index contributed by atoms with van der Waals surface area (Å²) in [7, 11) is 0. The van der Waals surface area contributed by atoms with Gasteiger partial charge in [-0.3, -0.25) is 4.79 Å². The van der Waals surface area contributed by atoms with Crippen molar-refractivity contribution in [3.63, 3.8) is 0 Å². The van der Waals surface area contributed by atoms with Gasteiger partial charge < -0.3 is 10.1 Å². The molecule has 0 aromatic heterocycles. The smallest absolute Gasteiger partial charge is 0.322 e. The van der Waals surface area contributed by atoms with Crippen molar-refractivity contribution < 1.29 is 9.53 Å². The lowest BCUT2D eigenvalue weighted by Crippen LogP contribution is -2.34. The first-order chi connectivity index (χ1) is 8.04. The first kappa shape index (κ1) is 14.5. The topological polar surface area (TPSA) is 38.3 Å². The van der Waals surface area contributed by atoms with E-state index in [0.717, 1.165) is 10.0 Å². The molecule has 1 aromatic rings. The van der Waals surface area contributed by atoms with Gasteiger partial charge in [-0.2, -0.15) is 0 Å². The maximum atomic E-state index is 11.4. The number of halogens is 2. The summed E-state index contributed by atoms with van der Waals surface area (Å²) in [6, 6.07) is 5.27. The van der Waals surface area contributed by atoms with Gasteiger partial charge in [0.1, 0.15) is 6.04 Å². The molecule has 5 heteroatoms. The molecule has 0 aliphatic heterocycles. The molecule has 1 N–H and O–H groups in total. The highest BCUT2D eigenvalue weighted by Crippen LogP contribution is 2.20. The molecule has 1 rings (SSSR count). The number of rotatable bonds is 5. The van der Waals surface area contributed by atoms with E-state index in [1.807, 2.05) is 18.2 Å². The third-order valence-corrected chi connectivity index (χ3v) is 3.11. The second kappa shape index (κ2) is 6.99. The zero-order valence-electron chi connectivity index (χ0n) is 9.80. The molecule has 0 spiro atoms. The molecule has 1 unspecified atom stereocenters. The number of carbonyl (C=O) groups excluding carboxylic acids is 1. The van der Waals surface area contributed by atoms with E-state index in [1.165, 1.54) is 0 Å². The Balaban J connectivity index is 2.55. The van der Waals surface area contributed by atoms with Crippen molar-refractivity contribution in [1.29, 1.82) is 0 Å². The maximum absolute atomic E-state index is 11.4. The Bertz CT molecular complexity index is 398. The van der Waals surface area contributed by atoms with Gasteiger partial charge >= 0.3 is 5.97 Å². The van der Waals surface area contributed by atoms with Gasteiger partial charge in [-0.25, -0.2) is 0 Å². The van der Waals surface area contributed by atoms with E-state index in [4.69, 9.17) is 16.3 Å². The Labute approximate surface area is 115 Å². The van der Waals surface area contributed by atoms with Gasteiger partial charge in [0.2, 0.25) is 0 Å². The molecule has 0 bridgehead atoms. The van der Waals surface area contributed by atoms with Crippen LogP contribution in [0.5, 0.6) is 0 Å². The molecule has 17 heavy (non-hydrogen) atoms. The molecule has 0 aliphatic carbocycles. The summed E-state index contributed by atoms with van der Waals surface area (Å²) in [4.78, 5) is 11.4. The average molecular weight is 321 g/mol. The van der Waals surface area contributed by atoms with Crippen LogP contribution in [0.4, 0.5) is 0 Å². The molecule has 1 aromatic carbocycles. The van der Waals surface area contributed by atoms with Crippen LogP contribution in [0.1, 0.15) is 19.4 Å². The summed E-state index contributed by atoms with van der Waals surface area (Å²) >= 11 is 9.42. The predicted molar refractivity (Wildman–Crippen MR) is 72.1 cm³/mol. The minimum absolute atomic E-state index is 0.251. The molecular weight excluding hydrogens is 305 g/mol. The van der Waals surface area contributed by atoms with Crippen LogP contribution in [0.25, 0.3) is 0 Å². The largest absolute Gasteiger partial charge is 0.465 e. The zero-order valence-corrected chi connectivity index (χ0v) is 12.1. The lowest BCUT2D eigenvalue weighted by molar-refractivity contribution is -0.145. The number of esters is 1. The van der Waals surface area contributed by atoms with Crippen LogP contribution >= 0.6 is 27.5 Å². The molecule has 0 fully saturated rings. The van der Waals surface area contributed by atoms with E-state index >= 15 is 0 Å². The summed E-state index contributed by atoms with van der Waals surface area (Å²) in [6.45, 7) is 4.47. The van der Waals surface area contributed by atoms with E-state index in [1.54, 1.807) is 13.8 Å². The number of hydrogen-bond acceptors (Lipinski definition) is 3. The Hall–Kier alpha value is -0.580. The van der Waals surface area contributed by atoms with Crippen LogP contribution in [0.2, 0.25) is 5.02 Å². The minimum Gasteiger partial charge on any atom is -0.465 e. The van der Waals surface area contributed by atoms with Gasteiger partial charge in [0.05, 0.1) is 6.61 Å². The number of ether oxygens (including phenoxy) is 1. The second-order valence-electron chi connectivity index (χ2n) is 3.59. The van der Waals surface area contributed by atoms with E-state index in [2.05, 4.69) is 21.2 Å². The van der Waals surface area contributed by atoms with Gasteiger partial charge in [-0.1, -0.05) is 27.5 Å². The number of nitrogens with one attached hydrogen (secondary N) is 1. The van der Waals surface area contributed by atoms with Crippen LogP contribution in [0, 0.1) is 0 Å². The minimum atomic E-state index is -0.343. The van der Waals surface area contributed by atoms with Crippen LogP contribution in [0.15, 0.2) is 22.7 Å². The van der Waals surface area contributed by atoms with E-state index in [0.29, 0.717) is 18.2 Å². The Kier molecular flexibility index (Phi) is 5.95. The third kappa shape index (κ3) is 4.66. The lowest BCUT2D eigenvalue weighted by atomic mass is 10.2. The Morgan fingerprint density at radius 2 is 2.29 bits per heavy atom. The van der Waals surface area contributed by atoms with Gasteiger partial charge in [-0.05, 0) is 37.6 Å². The lowest BCUT2D eigenvalue weighted by Gasteiger charge is -2.13. The normalized spacial score (nSPS) is 12.2. The molecule has 0 amide bonds. The monoisotopic (exact) mass is 319 g/mol. The molecule has 0 heterocycles. The maximum Gasteiger partial charge on any atom is 0.322 e. The SMILES string of the molecule is CCOC(=O)C(C)NCc1cc(Br)ccc1Cl. The van der Waals surface area contributed by atoms with Crippen LogP contribution in [-0.2, 0) is 16.1 Å². The van der Waals surface area contributed by atoms with Crippen molar-refractivity contribution >= 4 is 33.5 Å². The molecule has 0 saturated heterocycles. The second-order valence-corrected chi connectivity index (χ2v) is 4.91. The first-order valence-electron chi connectivity index (χ1n) is 5.38. The van der Waals surface area contributed by atoms with Gasteiger partial charge in [0.15, 0.2) is 0 Å². The highest BCUT2D eigenvalue weighted by Gasteiger charge is 2.13. The Morgan fingerprint density at radius 1 is 1.59 bits per heavy atom. The fourth-order valence-electron chi connectivity index (χ4n) is 1.29. The van der Waals surface area contributed by atoms with Crippen LogP contribution in [-0.4, -0.2) is 18.6 Å². The quantitative estimate of drug-likeness (QED) is 0.847. The van der Waals surface area contributed by atoms with Crippen LogP contribution in [0.3, 0.4) is 0 Å². The molecule has 0 radical (unpaired) electrons. The standard InChI is InChI=1S/C12H15BrClNO2/c1-3-17-12(16)8(2)15-7-9-6-10(13)4-5-11(9)14/h4-6,8,15H,3,7H2,1-2H3. The molecule has 3 nitrogen and oxygen atoms in total. The molecule has 1 atom stereocenters. The number of carbonyl (C=O) groups is 1. The molecule has 94 valence electrons. The van der Waals surface area contributed by atoms with Gasteiger partial charge in [0.25, 0.3) is 0 Å². The van der Waals surface area contributed by atoms with Crippen molar-refractivity contribution in [2.24, 2.45) is 0 Å². The number of benzene rings is 1. The fourth-order valence-corrected chi connectivity index (χ4v) is 1.89. The summed E-state index contributed by atoms with van der Waals surface area (Å²) in [5.41, 5.74) is 0.942. The van der Waals surface area contributed by atoms with Crippen molar-refractivity contribution in [2.75, 3.05) is 6.61 Å². The zero-order chi connectivity index (χ0) is 12.8. The number of hydrogen-bond donors (Lipinski definition) is 1. The van der Waals surface area contributed by atoms with Crippen molar-refractivity contribution in [2.45, 2.75) is 26.4 Å². The molecule has 0 saturated carbocycles. The van der Waals surface area contributed by atoms with Gasteiger partial charge in [0, 0.05) is 16.0 Å². The molecule has 0 aliphatic rings. The van der Waals surface area contributed by atoms with Crippen LogP contribution < -0.4 is 5.32 Å². The summed E-state index contributed by atoms with van der Waals surface area (Å²) in [5, 5.41) is 3.75. The third-order valence-electron chi connectivity index (χ3n) is 2.25. The van der Waals surface area contributed by atoms with Crippen molar-refractivity contribution in [3.05, 3.63) is 33.3 Å². The molecular formula is C12H15BrClNO2.